The molecule has 2 aliphatic rings. The van der Waals surface area contributed by atoms with Crippen LogP contribution in [-0.4, -0.2) is 138 Å². The number of ether oxygens (including phenoxy) is 2. The Hall–Kier alpha value is -4.00. The fraction of sp³-hybridized carbons (Fsp3) is 0.680. The minimum absolute atomic E-state index is 0.0338. The van der Waals surface area contributed by atoms with Crippen LogP contribution in [0, 0.1) is 0 Å². The number of hydrogen-bond acceptors (Lipinski definition) is 16. The molecule has 47 heavy (non-hydrogen) atoms. The number of anilines is 1. The number of aromatic nitrogens is 4. The number of nitrogen functional groups attached to an aromatic ring is 1. The van der Waals surface area contributed by atoms with E-state index in [0.717, 1.165) is 0 Å². The van der Waals surface area contributed by atoms with E-state index < -0.39 is 84.5 Å². The molecule has 22 nitrogen and oxygen atoms in total. The molecule has 2 aromatic rings. The molecule has 3 heterocycles. The second-order valence-corrected chi connectivity index (χ2v) is 11.6. The number of H-pyrrole nitrogens is 1. The van der Waals surface area contributed by atoms with Crippen molar-refractivity contribution in [3.63, 3.8) is 0 Å². The second kappa shape index (κ2) is 15.3. The van der Waals surface area contributed by atoms with E-state index in [1.54, 1.807) is 0 Å². The zero-order valence-electron chi connectivity index (χ0n) is 25.3. The van der Waals surface area contributed by atoms with E-state index in [-0.39, 0.29) is 62.0 Å². The highest BCUT2D eigenvalue weighted by atomic mass is 16.7. The van der Waals surface area contributed by atoms with Crippen LogP contribution < -0.4 is 50.6 Å². The third kappa shape index (κ3) is 8.48. The van der Waals surface area contributed by atoms with E-state index in [1.165, 1.54) is 10.9 Å². The van der Waals surface area contributed by atoms with Crippen LogP contribution in [0.2, 0.25) is 0 Å². The normalized spacial score (nSPS) is 31.6. The lowest BCUT2D eigenvalue weighted by molar-refractivity contribution is -0.288. The number of fused-ring (bicyclic) bond motifs is 1. The molecule has 1 aliphatic carbocycles. The number of hydrogen-bond donors (Lipinski definition) is 13. The van der Waals surface area contributed by atoms with Crippen molar-refractivity contribution in [2.45, 2.75) is 92.9 Å². The van der Waals surface area contributed by atoms with Crippen molar-refractivity contribution in [3.05, 3.63) is 16.7 Å². The van der Waals surface area contributed by atoms with Crippen molar-refractivity contribution < 1.29 is 39.5 Å². The summed E-state index contributed by atoms with van der Waals surface area (Å²) >= 11 is 0. The summed E-state index contributed by atoms with van der Waals surface area (Å²) in [5, 5.41) is 47.1. The molecular formula is C25H43N13O9. The molecule has 262 valence electrons. The third-order valence-electron chi connectivity index (χ3n) is 8.01. The number of amides is 2. The summed E-state index contributed by atoms with van der Waals surface area (Å²) in [4.78, 5) is 52.5. The number of guanidine groups is 1. The molecule has 11 atom stereocenters. The minimum Gasteiger partial charge on any atom is -0.389 e. The molecule has 0 aromatic carbocycles. The van der Waals surface area contributed by atoms with Crippen LogP contribution in [-0.2, 0) is 25.6 Å². The summed E-state index contributed by atoms with van der Waals surface area (Å²) in [5.74, 6) is -1.65. The Balaban J connectivity index is 1.42. The van der Waals surface area contributed by atoms with Crippen LogP contribution in [0.3, 0.4) is 0 Å². The number of nitrogens with zero attached hydrogens (tertiary/aromatic N) is 4. The molecule has 19 N–H and O–H groups in total. The highest BCUT2D eigenvalue weighted by Gasteiger charge is 2.48. The van der Waals surface area contributed by atoms with Crippen LogP contribution in [0.1, 0.15) is 19.3 Å². The number of aliphatic hydroxyl groups is 4. The lowest BCUT2D eigenvalue weighted by Crippen LogP contribution is -2.67. The average Bonchev–Trinajstić information content (AvgIpc) is 3.40. The largest absolute Gasteiger partial charge is 0.389 e. The van der Waals surface area contributed by atoms with Crippen LogP contribution in [0.4, 0.5) is 5.95 Å². The van der Waals surface area contributed by atoms with Gasteiger partial charge in [-0.1, -0.05) is 0 Å². The van der Waals surface area contributed by atoms with Gasteiger partial charge in [0.05, 0.1) is 18.5 Å². The van der Waals surface area contributed by atoms with Gasteiger partial charge in [0.2, 0.25) is 17.8 Å². The van der Waals surface area contributed by atoms with Crippen molar-refractivity contribution in [1.29, 1.82) is 0 Å². The van der Waals surface area contributed by atoms with Crippen LogP contribution in [0.25, 0.3) is 11.2 Å². The maximum Gasteiger partial charge on any atom is 0.280 e. The van der Waals surface area contributed by atoms with Gasteiger partial charge in [-0.05, 0) is 19.3 Å². The molecule has 2 fully saturated rings. The van der Waals surface area contributed by atoms with E-state index in [0.29, 0.717) is 0 Å². The van der Waals surface area contributed by atoms with Gasteiger partial charge in [0.1, 0.15) is 43.1 Å². The second-order valence-electron chi connectivity index (χ2n) is 11.6. The molecule has 1 saturated carbocycles. The third-order valence-corrected chi connectivity index (χ3v) is 8.01. The Kier molecular flexibility index (Phi) is 11.6. The molecule has 2 amide bonds. The summed E-state index contributed by atoms with van der Waals surface area (Å²) in [6.45, 7) is -0.580. The molecule has 1 aliphatic heterocycles. The number of aliphatic hydroxyl groups excluding tert-OH is 4. The Bertz CT molecular complexity index is 1480. The summed E-state index contributed by atoms with van der Waals surface area (Å²) in [6, 6.07) is -4.01. The van der Waals surface area contributed by atoms with Gasteiger partial charge in [-0.15, -0.1) is 0 Å². The molecule has 0 unspecified atom stereocenters. The lowest BCUT2D eigenvalue weighted by Gasteiger charge is -2.46. The van der Waals surface area contributed by atoms with Gasteiger partial charge in [-0.3, -0.25) is 24.4 Å². The summed E-state index contributed by atoms with van der Waals surface area (Å²) in [6.07, 6.45) is -8.08. The van der Waals surface area contributed by atoms with Crippen molar-refractivity contribution in [2.24, 2.45) is 33.7 Å². The van der Waals surface area contributed by atoms with Gasteiger partial charge in [0.15, 0.2) is 23.4 Å². The topological polar surface area (TPSA) is 390 Å². The predicted molar refractivity (Wildman–Crippen MR) is 164 cm³/mol. The fourth-order valence-corrected chi connectivity index (χ4v) is 5.45. The zero-order chi connectivity index (χ0) is 34.6. The molecule has 0 bridgehead atoms. The number of nitrogens with two attached hydrogens (primary N) is 6. The number of carbonyl (C=O) groups is 2. The standard InChI is InChI=1S/C25H43N13O9/c26-8-4-9(27)19(18(43)15(8)40)47-23-13(28)17(42)16(41)11(46-23)5-33-21(44)10(2-1-3-32-24(29)30)35-12(39)6-38-7-34-14-20(38)36-25(31)37-22(14)45/h7-11,13,15-19,23,40-43H,1-6,26-28H2,(H,33,44)(H,35,39)(H4,29,30,32)(H3,31,36,37,45)/t8-,9+,10-,11-,13-,15+,16-,17-,18-,19-,23-/m1/s1. The van der Waals surface area contributed by atoms with Crippen LogP contribution >= 0.6 is 0 Å². The quantitative estimate of drug-likeness (QED) is 0.0566. The monoisotopic (exact) mass is 669 g/mol. The summed E-state index contributed by atoms with van der Waals surface area (Å²) < 4.78 is 12.8. The van der Waals surface area contributed by atoms with E-state index in [9.17, 15) is 34.8 Å². The van der Waals surface area contributed by atoms with E-state index in [2.05, 4.69) is 30.6 Å². The van der Waals surface area contributed by atoms with Crippen LogP contribution in [0.5, 0.6) is 0 Å². The van der Waals surface area contributed by atoms with Gasteiger partial charge in [-0.25, -0.2) is 4.98 Å². The zero-order valence-corrected chi connectivity index (χ0v) is 25.3. The molecule has 22 heteroatoms. The SMILES string of the molecule is NC(N)=NCCC[C@@H](NC(=O)Cn1cnc2c(=O)[nH]c(N)nc21)C(=O)NC[C@H]1O[C@H](O[C@H]2[C@H](O)[C@@H](O)[C@H](N)C[C@@H]2N)[C@H](N)[C@@H](O)[C@@H]1O. The number of carbonyl (C=O) groups excluding carboxylic acids is 2. The smallest absolute Gasteiger partial charge is 0.280 e. The number of nitrogens with one attached hydrogen (secondary N) is 3. The predicted octanol–water partition coefficient (Wildman–Crippen LogP) is -7.70. The number of imidazole rings is 1. The molecule has 0 radical (unpaired) electrons. The van der Waals surface area contributed by atoms with Crippen LogP contribution in [0.15, 0.2) is 16.1 Å². The Morgan fingerprint density at radius 1 is 1.13 bits per heavy atom. The van der Waals surface area contributed by atoms with E-state index in [1.807, 2.05) is 0 Å². The van der Waals surface area contributed by atoms with Crippen molar-refractivity contribution in [2.75, 3.05) is 18.8 Å². The highest BCUT2D eigenvalue weighted by Crippen LogP contribution is 2.27. The average molecular weight is 670 g/mol. The number of aromatic amines is 1. The molecule has 2 aromatic heterocycles. The minimum atomic E-state index is -1.57. The number of rotatable bonds is 12. The summed E-state index contributed by atoms with van der Waals surface area (Å²) in [5.41, 5.74) is 33.7. The van der Waals surface area contributed by atoms with E-state index >= 15 is 0 Å². The van der Waals surface area contributed by atoms with Gasteiger partial charge in [0, 0.05) is 25.2 Å². The fourth-order valence-electron chi connectivity index (χ4n) is 5.45. The first-order chi connectivity index (χ1) is 22.2. The van der Waals surface area contributed by atoms with Crippen molar-refractivity contribution in [1.82, 2.24) is 30.2 Å². The van der Waals surface area contributed by atoms with E-state index in [4.69, 9.17) is 43.9 Å². The molecule has 4 rings (SSSR count). The highest BCUT2D eigenvalue weighted by molar-refractivity contribution is 5.88. The first-order valence-electron chi connectivity index (χ1n) is 14.8. The maximum absolute atomic E-state index is 13.3. The Morgan fingerprint density at radius 3 is 2.55 bits per heavy atom. The lowest BCUT2D eigenvalue weighted by atomic mass is 9.84. The molecule has 1 saturated heterocycles. The Morgan fingerprint density at radius 2 is 1.85 bits per heavy atom. The van der Waals surface area contributed by atoms with Gasteiger partial charge in [-0.2, -0.15) is 4.98 Å². The van der Waals surface area contributed by atoms with Gasteiger partial charge in [0.25, 0.3) is 5.56 Å². The van der Waals surface area contributed by atoms with Gasteiger partial charge >= 0.3 is 0 Å². The Labute approximate surface area is 266 Å². The van der Waals surface area contributed by atoms with Crippen molar-refractivity contribution >= 4 is 34.9 Å². The van der Waals surface area contributed by atoms with Crippen molar-refractivity contribution in [3.8, 4) is 0 Å². The number of aliphatic imine (C=N–C) groups is 1. The molecular weight excluding hydrogens is 626 g/mol. The first-order valence-corrected chi connectivity index (χ1v) is 14.8. The van der Waals surface area contributed by atoms with Gasteiger partial charge < -0.3 is 79.5 Å². The summed E-state index contributed by atoms with van der Waals surface area (Å²) in [7, 11) is 0. The first kappa shape index (κ1) is 35.8. The maximum atomic E-state index is 13.3. The molecule has 0 spiro atoms.